The number of amides is 1. The van der Waals surface area contributed by atoms with Crippen molar-refractivity contribution in [2.75, 3.05) is 25.5 Å². The highest BCUT2D eigenvalue weighted by molar-refractivity contribution is 5.68. The summed E-state index contributed by atoms with van der Waals surface area (Å²) in [5.41, 5.74) is -0.479. The van der Waals surface area contributed by atoms with Gasteiger partial charge in [0.15, 0.2) is 0 Å². The fourth-order valence-corrected chi connectivity index (χ4v) is 2.30. The first-order valence-electron chi connectivity index (χ1n) is 7.49. The first-order chi connectivity index (χ1) is 10.4. The van der Waals surface area contributed by atoms with Gasteiger partial charge in [-0.15, -0.1) is 0 Å². The number of nitrogens with zero attached hydrogens (tertiary/aromatic N) is 3. The molecular weight excluding hydrogens is 284 g/mol. The lowest BCUT2D eigenvalue weighted by Gasteiger charge is -2.34. The second-order valence-electron chi connectivity index (χ2n) is 6.33. The SMILES string of the molecule is COc1ccnc(NC2CCCN(C(=O)OC(C)(C)C)C2)n1. The normalized spacial score (nSPS) is 18.7. The smallest absolute Gasteiger partial charge is 0.410 e. The summed E-state index contributed by atoms with van der Waals surface area (Å²) in [6, 6.07) is 1.80. The van der Waals surface area contributed by atoms with Gasteiger partial charge in [0.1, 0.15) is 5.60 Å². The summed E-state index contributed by atoms with van der Waals surface area (Å²) in [6.45, 7) is 6.90. The van der Waals surface area contributed by atoms with Crippen LogP contribution >= 0.6 is 0 Å². The van der Waals surface area contributed by atoms with Crippen molar-refractivity contribution in [2.45, 2.75) is 45.3 Å². The van der Waals surface area contributed by atoms with E-state index in [4.69, 9.17) is 9.47 Å². The Morgan fingerprint density at radius 1 is 1.45 bits per heavy atom. The molecule has 1 fully saturated rings. The largest absolute Gasteiger partial charge is 0.481 e. The molecular formula is C15H24N4O3. The van der Waals surface area contributed by atoms with Crippen LogP contribution in [0.4, 0.5) is 10.7 Å². The lowest BCUT2D eigenvalue weighted by Crippen LogP contribution is -2.47. The van der Waals surface area contributed by atoms with Crippen molar-refractivity contribution >= 4 is 12.0 Å². The maximum absolute atomic E-state index is 12.1. The average Bonchev–Trinajstić information content (AvgIpc) is 2.46. The molecule has 0 aromatic carbocycles. The average molecular weight is 308 g/mol. The van der Waals surface area contributed by atoms with Crippen LogP contribution < -0.4 is 10.1 Å². The molecule has 1 N–H and O–H groups in total. The third-order valence-corrected chi connectivity index (χ3v) is 3.25. The number of anilines is 1. The first-order valence-corrected chi connectivity index (χ1v) is 7.49. The van der Waals surface area contributed by atoms with Crippen molar-refractivity contribution in [1.82, 2.24) is 14.9 Å². The van der Waals surface area contributed by atoms with Gasteiger partial charge in [-0.1, -0.05) is 0 Å². The zero-order valence-corrected chi connectivity index (χ0v) is 13.6. The van der Waals surface area contributed by atoms with Gasteiger partial charge in [-0.2, -0.15) is 4.98 Å². The number of hydrogen-bond donors (Lipinski definition) is 1. The van der Waals surface area contributed by atoms with E-state index >= 15 is 0 Å². The summed E-state index contributed by atoms with van der Waals surface area (Å²) in [7, 11) is 1.57. The Labute approximate surface area is 131 Å². The highest BCUT2D eigenvalue weighted by Gasteiger charge is 2.27. The molecule has 1 saturated heterocycles. The molecule has 2 rings (SSSR count). The van der Waals surface area contributed by atoms with Gasteiger partial charge in [-0.25, -0.2) is 9.78 Å². The van der Waals surface area contributed by atoms with Crippen LogP contribution in [0.1, 0.15) is 33.6 Å². The molecule has 0 spiro atoms. The maximum atomic E-state index is 12.1. The van der Waals surface area contributed by atoms with Crippen LogP contribution in [0.2, 0.25) is 0 Å². The Hall–Kier alpha value is -2.05. The summed E-state index contributed by atoms with van der Waals surface area (Å²) in [4.78, 5) is 22.3. The molecule has 0 radical (unpaired) electrons. The third-order valence-electron chi connectivity index (χ3n) is 3.25. The van der Waals surface area contributed by atoms with Crippen molar-refractivity contribution in [3.8, 4) is 5.88 Å². The molecule has 1 aromatic heterocycles. The standard InChI is InChI=1S/C15H24N4O3/c1-15(2,3)22-14(20)19-9-5-6-11(10-19)17-13-16-8-7-12(18-13)21-4/h7-8,11H,5-6,9-10H2,1-4H3,(H,16,17,18). The first kappa shape index (κ1) is 16.3. The Balaban J connectivity index is 1.94. The fraction of sp³-hybridized carbons (Fsp3) is 0.667. The summed E-state index contributed by atoms with van der Waals surface area (Å²) >= 11 is 0. The van der Waals surface area contributed by atoms with Crippen LogP contribution in [0.15, 0.2) is 12.3 Å². The monoisotopic (exact) mass is 308 g/mol. The molecule has 1 aliphatic rings. The molecule has 0 aliphatic carbocycles. The van der Waals surface area contributed by atoms with Crippen molar-refractivity contribution in [3.63, 3.8) is 0 Å². The van der Waals surface area contributed by atoms with Crippen molar-refractivity contribution in [3.05, 3.63) is 12.3 Å². The van der Waals surface area contributed by atoms with Gasteiger partial charge in [-0.05, 0) is 33.6 Å². The van der Waals surface area contributed by atoms with Crippen molar-refractivity contribution < 1.29 is 14.3 Å². The van der Waals surface area contributed by atoms with Crippen LogP contribution in [0.25, 0.3) is 0 Å². The quantitative estimate of drug-likeness (QED) is 0.923. The summed E-state index contributed by atoms with van der Waals surface area (Å²) in [6.07, 6.45) is 3.24. The number of nitrogens with one attached hydrogen (secondary N) is 1. The van der Waals surface area contributed by atoms with E-state index < -0.39 is 5.60 Å². The maximum Gasteiger partial charge on any atom is 0.410 e. The lowest BCUT2D eigenvalue weighted by molar-refractivity contribution is 0.0206. The molecule has 1 unspecified atom stereocenters. The Morgan fingerprint density at radius 3 is 2.91 bits per heavy atom. The number of aromatic nitrogens is 2. The molecule has 122 valence electrons. The molecule has 0 bridgehead atoms. The van der Waals surface area contributed by atoms with E-state index in [0.717, 1.165) is 12.8 Å². The highest BCUT2D eigenvalue weighted by atomic mass is 16.6. The van der Waals surface area contributed by atoms with Crippen molar-refractivity contribution in [1.29, 1.82) is 0 Å². The summed E-state index contributed by atoms with van der Waals surface area (Å²) in [5, 5.41) is 3.25. The Kier molecular flexibility index (Phi) is 5.05. The molecule has 1 aliphatic heterocycles. The van der Waals surface area contributed by atoms with Crippen LogP contribution in [-0.4, -0.2) is 52.8 Å². The van der Waals surface area contributed by atoms with E-state index in [9.17, 15) is 4.79 Å². The van der Waals surface area contributed by atoms with Gasteiger partial charge in [0.2, 0.25) is 11.8 Å². The topological polar surface area (TPSA) is 76.6 Å². The minimum absolute atomic E-state index is 0.105. The van der Waals surface area contributed by atoms with E-state index in [1.165, 1.54) is 0 Å². The molecule has 2 heterocycles. The molecule has 1 aromatic rings. The van der Waals surface area contributed by atoms with E-state index in [-0.39, 0.29) is 12.1 Å². The van der Waals surface area contributed by atoms with Gasteiger partial charge in [0.25, 0.3) is 0 Å². The van der Waals surface area contributed by atoms with Gasteiger partial charge < -0.3 is 19.7 Å². The molecule has 22 heavy (non-hydrogen) atoms. The van der Waals surface area contributed by atoms with Gasteiger partial charge in [0.05, 0.1) is 7.11 Å². The number of hydrogen-bond acceptors (Lipinski definition) is 6. The third kappa shape index (κ3) is 4.75. The lowest BCUT2D eigenvalue weighted by atomic mass is 10.1. The second-order valence-corrected chi connectivity index (χ2v) is 6.33. The summed E-state index contributed by atoms with van der Waals surface area (Å²) in [5.74, 6) is 1.02. The number of carbonyl (C=O) groups is 1. The molecule has 7 heteroatoms. The van der Waals surface area contributed by atoms with Gasteiger partial charge >= 0.3 is 6.09 Å². The number of methoxy groups -OCH3 is 1. The van der Waals surface area contributed by atoms with Crippen LogP contribution in [0, 0.1) is 0 Å². The predicted octanol–water partition coefficient (Wildman–Crippen LogP) is 2.30. The van der Waals surface area contributed by atoms with Crippen molar-refractivity contribution in [2.24, 2.45) is 0 Å². The van der Waals surface area contributed by atoms with Crippen LogP contribution in [0.5, 0.6) is 5.88 Å². The number of ether oxygens (including phenoxy) is 2. The van der Waals surface area contributed by atoms with E-state index in [0.29, 0.717) is 24.9 Å². The highest BCUT2D eigenvalue weighted by Crippen LogP contribution is 2.18. The molecule has 7 nitrogen and oxygen atoms in total. The van der Waals surface area contributed by atoms with E-state index in [1.807, 2.05) is 20.8 Å². The van der Waals surface area contributed by atoms with Gasteiger partial charge in [-0.3, -0.25) is 0 Å². The summed E-state index contributed by atoms with van der Waals surface area (Å²) < 4.78 is 10.5. The van der Waals surface area contributed by atoms with Crippen LogP contribution in [-0.2, 0) is 4.74 Å². The zero-order valence-electron chi connectivity index (χ0n) is 13.6. The van der Waals surface area contributed by atoms with Crippen LogP contribution in [0.3, 0.4) is 0 Å². The molecule has 0 saturated carbocycles. The van der Waals surface area contributed by atoms with E-state index in [2.05, 4.69) is 15.3 Å². The second kappa shape index (κ2) is 6.81. The minimum Gasteiger partial charge on any atom is -0.481 e. The zero-order chi connectivity index (χ0) is 16.2. The molecule has 1 atom stereocenters. The number of piperidine rings is 1. The number of rotatable bonds is 3. The Bertz CT molecular complexity index is 516. The number of carbonyl (C=O) groups excluding carboxylic acids is 1. The van der Waals surface area contributed by atoms with Gasteiger partial charge in [0, 0.05) is 31.4 Å². The number of likely N-dealkylation sites (tertiary alicyclic amines) is 1. The molecule has 1 amide bonds. The predicted molar refractivity (Wildman–Crippen MR) is 83.0 cm³/mol. The minimum atomic E-state index is -0.479. The van der Waals surface area contributed by atoms with E-state index in [1.54, 1.807) is 24.3 Å². The fourth-order valence-electron chi connectivity index (χ4n) is 2.30. The Morgan fingerprint density at radius 2 is 2.23 bits per heavy atom.